The maximum atomic E-state index is 12.4. The average Bonchev–Trinajstić information content (AvgIpc) is 2.41. The van der Waals surface area contributed by atoms with Gasteiger partial charge in [-0.2, -0.15) is 0 Å². The van der Waals surface area contributed by atoms with Crippen LogP contribution in [0.5, 0.6) is 5.75 Å². The summed E-state index contributed by atoms with van der Waals surface area (Å²) in [4.78, 5) is 12.4. The molecule has 0 unspecified atom stereocenters. The number of halogens is 3. The van der Waals surface area contributed by atoms with E-state index in [2.05, 4.69) is 31.9 Å². The Balaban J connectivity index is 2.41. The zero-order valence-electron chi connectivity index (χ0n) is 9.91. The lowest BCUT2D eigenvalue weighted by molar-refractivity contribution is 0.103. The van der Waals surface area contributed by atoms with Crippen molar-refractivity contribution in [3.05, 3.63) is 61.5 Å². The highest BCUT2D eigenvalue weighted by Crippen LogP contribution is 2.28. The molecule has 0 radical (unpaired) electrons. The van der Waals surface area contributed by atoms with Crippen LogP contribution >= 0.6 is 43.5 Å². The zero-order chi connectivity index (χ0) is 14.0. The lowest BCUT2D eigenvalue weighted by Crippen LogP contribution is -2.02. The van der Waals surface area contributed by atoms with E-state index in [-0.39, 0.29) is 5.78 Å². The highest BCUT2D eigenvalue weighted by molar-refractivity contribution is 9.10. The van der Waals surface area contributed by atoms with Crippen molar-refractivity contribution >= 4 is 49.2 Å². The van der Waals surface area contributed by atoms with Gasteiger partial charge >= 0.3 is 0 Å². The molecule has 0 saturated heterocycles. The van der Waals surface area contributed by atoms with Gasteiger partial charge in [0.1, 0.15) is 5.75 Å². The maximum absolute atomic E-state index is 12.4. The van der Waals surface area contributed by atoms with Crippen molar-refractivity contribution in [2.24, 2.45) is 0 Å². The predicted octanol–water partition coefficient (Wildman–Crippen LogP) is 5.10. The molecular weight excluding hydrogens is 395 g/mol. The third kappa shape index (κ3) is 3.19. The van der Waals surface area contributed by atoms with Crippen molar-refractivity contribution in [3.8, 4) is 5.75 Å². The molecule has 2 nitrogen and oxygen atoms in total. The fourth-order valence-corrected chi connectivity index (χ4v) is 2.63. The largest absolute Gasteiger partial charge is 0.497 e. The van der Waals surface area contributed by atoms with Gasteiger partial charge in [-0.15, -0.1) is 0 Å². The van der Waals surface area contributed by atoms with Crippen LogP contribution in [0.2, 0.25) is 5.02 Å². The zero-order valence-corrected chi connectivity index (χ0v) is 13.8. The molecule has 0 saturated carbocycles. The van der Waals surface area contributed by atoms with Crippen molar-refractivity contribution in [2.75, 3.05) is 7.11 Å². The fourth-order valence-electron chi connectivity index (χ4n) is 1.60. The van der Waals surface area contributed by atoms with Crippen LogP contribution in [-0.4, -0.2) is 12.9 Å². The van der Waals surface area contributed by atoms with Crippen LogP contribution < -0.4 is 4.74 Å². The molecule has 2 rings (SSSR count). The second kappa shape index (κ2) is 6.07. The van der Waals surface area contributed by atoms with E-state index in [0.717, 1.165) is 0 Å². The van der Waals surface area contributed by atoms with Gasteiger partial charge < -0.3 is 4.74 Å². The van der Waals surface area contributed by atoms with Gasteiger partial charge in [-0.3, -0.25) is 4.79 Å². The first-order valence-electron chi connectivity index (χ1n) is 5.36. The molecule has 0 fully saturated rings. The van der Waals surface area contributed by atoms with Crippen molar-refractivity contribution in [1.82, 2.24) is 0 Å². The summed E-state index contributed by atoms with van der Waals surface area (Å²) >= 11 is 12.6. The summed E-state index contributed by atoms with van der Waals surface area (Å²) in [6.07, 6.45) is 0. The Labute approximate surface area is 133 Å². The van der Waals surface area contributed by atoms with Crippen LogP contribution in [0.25, 0.3) is 0 Å². The Kier molecular flexibility index (Phi) is 4.66. The van der Waals surface area contributed by atoms with E-state index in [1.54, 1.807) is 43.5 Å². The molecule has 0 aromatic heterocycles. The third-order valence-corrected chi connectivity index (χ3v) is 4.47. The molecular formula is C14H9Br2ClO2. The summed E-state index contributed by atoms with van der Waals surface area (Å²) in [5.74, 6) is 0.618. The van der Waals surface area contributed by atoms with Crippen molar-refractivity contribution in [1.29, 1.82) is 0 Å². The highest BCUT2D eigenvalue weighted by Gasteiger charge is 2.14. The van der Waals surface area contributed by atoms with Crippen LogP contribution in [0.3, 0.4) is 0 Å². The summed E-state index contributed by atoms with van der Waals surface area (Å²) in [5, 5.41) is 0.574. The van der Waals surface area contributed by atoms with Crippen molar-refractivity contribution in [2.45, 2.75) is 0 Å². The quantitative estimate of drug-likeness (QED) is 0.665. The Bertz CT molecular complexity index is 641. The van der Waals surface area contributed by atoms with Gasteiger partial charge in [0.2, 0.25) is 0 Å². The molecule has 0 aliphatic heterocycles. The van der Waals surface area contributed by atoms with E-state index in [4.69, 9.17) is 16.3 Å². The molecule has 0 heterocycles. The first kappa shape index (κ1) is 14.6. The molecule has 2 aromatic carbocycles. The minimum absolute atomic E-state index is 0.0769. The average molecular weight is 404 g/mol. The highest BCUT2D eigenvalue weighted by atomic mass is 79.9. The van der Waals surface area contributed by atoms with Gasteiger partial charge in [0.05, 0.1) is 12.1 Å². The molecule has 0 atom stereocenters. The van der Waals surface area contributed by atoms with Crippen LogP contribution in [0.1, 0.15) is 15.9 Å². The molecule has 19 heavy (non-hydrogen) atoms. The van der Waals surface area contributed by atoms with Crippen molar-refractivity contribution < 1.29 is 9.53 Å². The van der Waals surface area contributed by atoms with Crippen molar-refractivity contribution in [3.63, 3.8) is 0 Å². The van der Waals surface area contributed by atoms with Gasteiger partial charge in [0.15, 0.2) is 5.78 Å². The van der Waals surface area contributed by atoms with E-state index >= 15 is 0 Å². The second-order valence-electron chi connectivity index (χ2n) is 3.80. The SMILES string of the molecule is COc1ccc(C(=O)c2ccc(Cl)c(Br)c2)c(Br)c1. The number of hydrogen-bond donors (Lipinski definition) is 0. The normalized spacial score (nSPS) is 10.3. The summed E-state index contributed by atoms with van der Waals surface area (Å²) in [7, 11) is 1.58. The number of ether oxygens (including phenoxy) is 1. The molecule has 0 amide bonds. The summed E-state index contributed by atoms with van der Waals surface area (Å²) in [6, 6.07) is 10.3. The molecule has 0 bridgehead atoms. The van der Waals surface area contributed by atoms with Crippen LogP contribution in [0.4, 0.5) is 0 Å². The number of carbonyl (C=O) groups excluding carboxylic acids is 1. The maximum Gasteiger partial charge on any atom is 0.194 e. The summed E-state index contributed by atoms with van der Waals surface area (Å²) < 4.78 is 6.50. The lowest BCUT2D eigenvalue weighted by Gasteiger charge is -2.07. The first-order chi connectivity index (χ1) is 9.02. The number of hydrogen-bond acceptors (Lipinski definition) is 2. The lowest BCUT2D eigenvalue weighted by atomic mass is 10.0. The minimum atomic E-state index is -0.0769. The number of carbonyl (C=O) groups is 1. The Hall–Kier alpha value is -0.840. The Morgan fingerprint density at radius 1 is 1.11 bits per heavy atom. The van der Waals surface area contributed by atoms with E-state index in [0.29, 0.717) is 30.8 Å². The van der Waals surface area contributed by atoms with E-state index in [9.17, 15) is 4.79 Å². The van der Waals surface area contributed by atoms with E-state index in [1.165, 1.54) is 0 Å². The Morgan fingerprint density at radius 3 is 2.42 bits per heavy atom. The predicted molar refractivity (Wildman–Crippen MR) is 83.3 cm³/mol. The monoisotopic (exact) mass is 402 g/mol. The molecule has 0 aliphatic rings. The molecule has 0 aliphatic carbocycles. The fraction of sp³-hybridized carbons (Fsp3) is 0.0714. The smallest absolute Gasteiger partial charge is 0.194 e. The Morgan fingerprint density at radius 2 is 1.84 bits per heavy atom. The number of benzene rings is 2. The van der Waals surface area contributed by atoms with Crippen LogP contribution in [0, 0.1) is 0 Å². The van der Waals surface area contributed by atoms with Crippen LogP contribution in [-0.2, 0) is 0 Å². The van der Waals surface area contributed by atoms with Gasteiger partial charge in [0.25, 0.3) is 0 Å². The van der Waals surface area contributed by atoms with E-state index < -0.39 is 0 Å². The number of ketones is 1. The number of rotatable bonds is 3. The number of methoxy groups -OCH3 is 1. The van der Waals surface area contributed by atoms with E-state index in [1.807, 2.05) is 0 Å². The molecule has 0 N–H and O–H groups in total. The summed E-state index contributed by atoms with van der Waals surface area (Å²) in [5.41, 5.74) is 1.15. The van der Waals surface area contributed by atoms with Gasteiger partial charge in [-0.25, -0.2) is 0 Å². The minimum Gasteiger partial charge on any atom is -0.497 e. The second-order valence-corrected chi connectivity index (χ2v) is 5.92. The molecule has 98 valence electrons. The summed E-state index contributed by atoms with van der Waals surface area (Å²) in [6.45, 7) is 0. The third-order valence-electron chi connectivity index (χ3n) is 2.60. The van der Waals surface area contributed by atoms with Gasteiger partial charge in [0, 0.05) is 20.1 Å². The molecule has 0 spiro atoms. The molecule has 2 aromatic rings. The first-order valence-corrected chi connectivity index (χ1v) is 7.32. The van der Waals surface area contributed by atoms with Crippen LogP contribution in [0.15, 0.2) is 45.3 Å². The standard InChI is InChI=1S/C14H9Br2ClO2/c1-19-9-3-4-10(11(15)7-9)14(18)8-2-5-13(17)12(16)6-8/h2-7H,1H3. The van der Waals surface area contributed by atoms with Gasteiger partial charge in [-0.05, 0) is 68.3 Å². The molecule has 5 heteroatoms. The topological polar surface area (TPSA) is 26.3 Å². The van der Waals surface area contributed by atoms with Gasteiger partial charge in [-0.1, -0.05) is 11.6 Å².